The smallest absolute Gasteiger partial charge is 0.339 e. The molecule has 2 aliphatic rings. The number of ketones is 1. The summed E-state index contributed by atoms with van der Waals surface area (Å²) in [4.78, 5) is 30.3. The number of pyridine rings is 1. The Morgan fingerprint density at radius 1 is 1.10 bits per heavy atom. The summed E-state index contributed by atoms with van der Waals surface area (Å²) in [5.41, 5.74) is 1.88. The first-order valence-corrected chi connectivity index (χ1v) is 10.2. The van der Waals surface area contributed by atoms with Gasteiger partial charge in [-0.1, -0.05) is 43.3 Å². The summed E-state index contributed by atoms with van der Waals surface area (Å²) in [6.07, 6.45) is 3.81. The highest BCUT2D eigenvalue weighted by Crippen LogP contribution is 2.48. The molecule has 5 heteroatoms. The van der Waals surface area contributed by atoms with Crippen LogP contribution in [0.5, 0.6) is 0 Å². The molecule has 1 fully saturated rings. The topological polar surface area (TPSA) is 76.5 Å². The molecule has 1 aliphatic heterocycles. The van der Waals surface area contributed by atoms with E-state index in [2.05, 4.69) is 4.98 Å². The van der Waals surface area contributed by atoms with Crippen LogP contribution in [0.4, 0.5) is 0 Å². The van der Waals surface area contributed by atoms with Gasteiger partial charge in [0, 0.05) is 23.7 Å². The van der Waals surface area contributed by atoms with Crippen LogP contribution in [-0.2, 0) is 20.7 Å². The molecule has 3 atom stereocenters. The molecule has 29 heavy (non-hydrogen) atoms. The number of Topliss-reactive ketones (excluding diaryl/α,β-unsaturated/α-hetero) is 1. The van der Waals surface area contributed by atoms with E-state index in [1.807, 2.05) is 55.5 Å². The number of aliphatic hydroxyl groups is 1. The Morgan fingerprint density at radius 2 is 1.83 bits per heavy atom. The third-order valence-corrected chi connectivity index (χ3v) is 5.91. The number of carbonyl (C=O) groups is 2. The van der Waals surface area contributed by atoms with E-state index in [4.69, 9.17) is 4.74 Å². The van der Waals surface area contributed by atoms with Gasteiger partial charge in [0.1, 0.15) is 0 Å². The van der Waals surface area contributed by atoms with Crippen molar-refractivity contribution in [1.29, 1.82) is 0 Å². The molecule has 0 bridgehead atoms. The van der Waals surface area contributed by atoms with E-state index >= 15 is 0 Å². The van der Waals surface area contributed by atoms with E-state index in [9.17, 15) is 14.7 Å². The molecule has 1 aliphatic carbocycles. The number of carbonyl (C=O) groups excluding carboxylic acids is 2. The molecule has 2 aromatic rings. The number of nitrogens with zero attached hydrogens (tertiary/aromatic N) is 1. The van der Waals surface area contributed by atoms with Gasteiger partial charge in [0.25, 0.3) is 0 Å². The van der Waals surface area contributed by atoms with Crippen molar-refractivity contribution in [2.75, 3.05) is 0 Å². The van der Waals surface area contributed by atoms with E-state index in [1.54, 1.807) is 6.20 Å². The molecule has 0 spiro atoms. The molecule has 0 saturated heterocycles. The fraction of sp³-hybridized carbons (Fsp3) is 0.375. The second-order valence-electron chi connectivity index (χ2n) is 7.87. The van der Waals surface area contributed by atoms with Crippen LogP contribution in [0.1, 0.15) is 43.4 Å². The first-order valence-electron chi connectivity index (χ1n) is 10.2. The second kappa shape index (κ2) is 8.19. The summed E-state index contributed by atoms with van der Waals surface area (Å²) < 4.78 is 5.65. The number of esters is 1. The number of hydrogen-bond donors (Lipinski definition) is 1. The SMILES string of the molecule is CCC(Cc1ccccn1)C1OC(=O)C(C(c2ccccc2)C2CC2)=C(O)C1=O. The van der Waals surface area contributed by atoms with Crippen LogP contribution in [0.3, 0.4) is 0 Å². The van der Waals surface area contributed by atoms with Crippen LogP contribution in [0, 0.1) is 11.8 Å². The van der Waals surface area contributed by atoms with Crippen molar-refractivity contribution in [1.82, 2.24) is 4.98 Å². The molecule has 3 unspecified atom stereocenters. The highest BCUT2D eigenvalue weighted by Gasteiger charge is 2.47. The lowest BCUT2D eigenvalue weighted by Crippen LogP contribution is -2.42. The molecular formula is C24H25NO4. The largest absolute Gasteiger partial charge is 0.504 e. The highest BCUT2D eigenvalue weighted by atomic mass is 16.6. The first-order chi connectivity index (χ1) is 14.1. The quantitative estimate of drug-likeness (QED) is 0.718. The summed E-state index contributed by atoms with van der Waals surface area (Å²) in [6.45, 7) is 1.95. The van der Waals surface area contributed by atoms with Crippen molar-refractivity contribution in [2.45, 2.75) is 44.6 Å². The number of aromatic nitrogens is 1. The Morgan fingerprint density at radius 3 is 2.45 bits per heavy atom. The number of rotatable bonds is 7. The van der Waals surface area contributed by atoms with Crippen LogP contribution in [0.2, 0.25) is 0 Å². The van der Waals surface area contributed by atoms with Crippen LogP contribution >= 0.6 is 0 Å². The molecular weight excluding hydrogens is 366 g/mol. The van der Waals surface area contributed by atoms with Gasteiger partial charge in [0.15, 0.2) is 11.9 Å². The van der Waals surface area contributed by atoms with Gasteiger partial charge in [-0.3, -0.25) is 9.78 Å². The van der Waals surface area contributed by atoms with Crippen molar-refractivity contribution in [3.8, 4) is 0 Å². The average Bonchev–Trinajstić information content (AvgIpc) is 3.58. The van der Waals surface area contributed by atoms with Crippen LogP contribution in [-0.4, -0.2) is 27.9 Å². The third kappa shape index (κ3) is 3.95. The lowest BCUT2D eigenvalue weighted by atomic mass is 9.81. The van der Waals surface area contributed by atoms with Crippen LogP contribution in [0.25, 0.3) is 0 Å². The molecule has 150 valence electrons. The first kappa shape index (κ1) is 19.4. The molecule has 1 N–H and O–H groups in total. The Bertz CT molecular complexity index is 918. The van der Waals surface area contributed by atoms with Gasteiger partial charge >= 0.3 is 5.97 Å². The van der Waals surface area contributed by atoms with Gasteiger partial charge in [0.05, 0.1) is 5.57 Å². The fourth-order valence-corrected chi connectivity index (χ4v) is 4.20. The number of benzene rings is 1. The van der Waals surface area contributed by atoms with E-state index < -0.39 is 23.6 Å². The molecule has 5 nitrogen and oxygen atoms in total. The zero-order valence-corrected chi connectivity index (χ0v) is 16.5. The van der Waals surface area contributed by atoms with Crippen molar-refractivity contribution < 1.29 is 19.4 Å². The highest BCUT2D eigenvalue weighted by molar-refractivity contribution is 6.09. The molecule has 1 aromatic carbocycles. The van der Waals surface area contributed by atoms with Crippen molar-refractivity contribution >= 4 is 11.8 Å². The standard InChI is InChI=1S/C24H25NO4/c1-2-15(14-18-10-6-7-13-25-18)23-22(27)21(26)20(24(28)29-23)19(17-11-12-17)16-8-4-3-5-9-16/h3-10,13,15,17,19,23,26H,2,11-12,14H2,1H3. The summed E-state index contributed by atoms with van der Waals surface area (Å²) in [7, 11) is 0. The lowest BCUT2D eigenvalue weighted by Gasteiger charge is -2.31. The minimum atomic E-state index is -0.978. The normalized spacial score (nSPS) is 21.6. The zero-order valence-electron chi connectivity index (χ0n) is 16.5. The zero-order chi connectivity index (χ0) is 20.4. The van der Waals surface area contributed by atoms with Crippen molar-refractivity contribution in [3.05, 3.63) is 77.3 Å². The number of hydrogen-bond acceptors (Lipinski definition) is 5. The Balaban J connectivity index is 1.64. The summed E-state index contributed by atoms with van der Waals surface area (Å²) in [6, 6.07) is 15.2. The minimum absolute atomic E-state index is 0.118. The van der Waals surface area contributed by atoms with Crippen LogP contribution in [0.15, 0.2) is 66.1 Å². The maximum absolute atomic E-state index is 13.0. The maximum atomic E-state index is 13.0. The van der Waals surface area contributed by atoms with Gasteiger partial charge in [-0.2, -0.15) is 0 Å². The number of cyclic esters (lactones) is 1. The third-order valence-electron chi connectivity index (χ3n) is 5.91. The molecule has 2 heterocycles. The van der Waals surface area contributed by atoms with E-state index in [-0.39, 0.29) is 23.3 Å². The Kier molecular flexibility index (Phi) is 5.47. The van der Waals surface area contributed by atoms with E-state index in [0.717, 1.165) is 24.1 Å². The monoisotopic (exact) mass is 391 g/mol. The van der Waals surface area contributed by atoms with Crippen LogP contribution < -0.4 is 0 Å². The van der Waals surface area contributed by atoms with Gasteiger partial charge in [0.2, 0.25) is 5.78 Å². The Labute approximate surface area is 170 Å². The van der Waals surface area contributed by atoms with Gasteiger partial charge < -0.3 is 9.84 Å². The fourth-order valence-electron chi connectivity index (χ4n) is 4.20. The summed E-state index contributed by atoms with van der Waals surface area (Å²) >= 11 is 0. The molecule has 1 aromatic heterocycles. The minimum Gasteiger partial charge on any atom is -0.504 e. The number of ether oxygens (including phenoxy) is 1. The number of aliphatic hydroxyl groups excluding tert-OH is 1. The van der Waals surface area contributed by atoms with E-state index in [0.29, 0.717) is 12.8 Å². The van der Waals surface area contributed by atoms with Crippen molar-refractivity contribution in [2.24, 2.45) is 11.8 Å². The second-order valence-corrected chi connectivity index (χ2v) is 7.87. The Hall–Kier alpha value is -2.95. The molecule has 4 rings (SSSR count). The van der Waals surface area contributed by atoms with Gasteiger partial charge in [-0.05, 0) is 49.3 Å². The predicted molar refractivity (Wildman–Crippen MR) is 108 cm³/mol. The van der Waals surface area contributed by atoms with E-state index in [1.165, 1.54) is 0 Å². The molecule has 1 saturated carbocycles. The van der Waals surface area contributed by atoms with Gasteiger partial charge in [-0.15, -0.1) is 0 Å². The molecule has 0 radical (unpaired) electrons. The average molecular weight is 391 g/mol. The summed E-state index contributed by atoms with van der Waals surface area (Å²) in [5, 5.41) is 10.8. The molecule has 0 amide bonds. The lowest BCUT2D eigenvalue weighted by molar-refractivity contribution is -0.158. The van der Waals surface area contributed by atoms with Crippen molar-refractivity contribution in [3.63, 3.8) is 0 Å². The maximum Gasteiger partial charge on any atom is 0.339 e. The predicted octanol–water partition coefficient (Wildman–Crippen LogP) is 4.15. The van der Waals surface area contributed by atoms with Gasteiger partial charge in [-0.25, -0.2) is 4.79 Å². The summed E-state index contributed by atoms with van der Waals surface area (Å²) in [5.74, 6) is -1.78.